The van der Waals surface area contributed by atoms with Gasteiger partial charge in [0.25, 0.3) is 0 Å². The number of hydrogen-bond donors (Lipinski definition) is 4. The van der Waals surface area contributed by atoms with Gasteiger partial charge in [0, 0.05) is 23.3 Å². The zero-order valence-electron chi connectivity index (χ0n) is 24.5. The lowest BCUT2D eigenvalue weighted by molar-refractivity contribution is -0.272. The first-order valence-corrected chi connectivity index (χ1v) is 15.3. The Labute approximate surface area is 249 Å². The molecule has 0 unspecified atom stereocenters. The Morgan fingerprint density at radius 1 is 0.884 bits per heavy atom. The van der Waals surface area contributed by atoms with Gasteiger partial charge < -0.3 is 34.6 Å². The van der Waals surface area contributed by atoms with Crippen molar-refractivity contribution in [3.05, 3.63) is 11.6 Å². The fourth-order valence-corrected chi connectivity index (χ4v) is 9.51. The van der Waals surface area contributed by atoms with Crippen molar-refractivity contribution in [1.29, 1.82) is 0 Å². The van der Waals surface area contributed by atoms with Gasteiger partial charge in [0.05, 0.1) is 43.5 Å². The molecule has 0 aromatic carbocycles. The Kier molecular flexibility index (Phi) is 8.41. The number of carboxylic acids is 2. The highest BCUT2D eigenvalue weighted by Crippen LogP contribution is 2.70. The predicted octanol–water partition coefficient (Wildman–Crippen LogP) is 2.52. The van der Waals surface area contributed by atoms with Crippen LogP contribution in [0.5, 0.6) is 0 Å². The van der Waals surface area contributed by atoms with Gasteiger partial charge in [0.2, 0.25) is 0 Å². The lowest BCUT2D eigenvalue weighted by atomic mass is 9.41. The van der Waals surface area contributed by atoms with Crippen LogP contribution in [-0.2, 0) is 38.2 Å². The minimum absolute atomic E-state index is 0.0172. The van der Waals surface area contributed by atoms with Crippen LogP contribution in [-0.4, -0.2) is 80.8 Å². The number of aliphatic carboxylic acids is 2. The van der Waals surface area contributed by atoms with Crippen LogP contribution in [0.25, 0.3) is 0 Å². The van der Waals surface area contributed by atoms with Crippen molar-refractivity contribution in [2.75, 3.05) is 13.2 Å². The van der Waals surface area contributed by atoms with E-state index in [-0.39, 0.29) is 75.5 Å². The van der Waals surface area contributed by atoms with Crippen molar-refractivity contribution < 1.29 is 58.6 Å². The van der Waals surface area contributed by atoms with Crippen LogP contribution in [0.3, 0.4) is 0 Å². The van der Waals surface area contributed by atoms with Crippen LogP contribution in [0, 0.1) is 28.6 Å². The molecule has 238 valence electrons. The Morgan fingerprint density at radius 3 is 2.21 bits per heavy atom. The molecule has 5 aliphatic rings. The van der Waals surface area contributed by atoms with Crippen molar-refractivity contribution in [1.82, 2.24) is 0 Å². The first-order chi connectivity index (χ1) is 20.2. The summed E-state index contributed by atoms with van der Waals surface area (Å²) in [7, 11) is 0. The van der Waals surface area contributed by atoms with Gasteiger partial charge in [-0.25, -0.2) is 4.79 Å². The molecule has 0 spiro atoms. The largest absolute Gasteiger partial charge is 0.481 e. The molecule has 8 atom stereocenters. The van der Waals surface area contributed by atoms with E-state index in [2.05, 4.69) is 6.92 Å². The maximum absolute atomic E-state index is 12.6. The number of esters is 3. The molecule has 0 bridgehead atoms. The number of cyclic esters (lactones) is 1. The molecule has 4 aliphatic carbocycles. The number of fused-ring (bicyclic) bond motifs is 5. The van der Waals surface area contributed by atoms with Crippen LogP contribution in [0.1, 0.15) is 90.4 Å². The van der Waals surface area contributed by atoms with Crippen molar-refractivity contribution >= 4 is 29.8 Å². The van der Waals surface area contributed by atoms with Crippen LogP contribution < -0.4 is 0 Å². The van der Waals surface area contributed by atoms with Crippen molar-refractivity contribution in [2.45, 2.75) is 108 Å². The minimum Gasteiger partial charge on any atom is -0.481 e. The monoisotopic (exact) mass is 606 g/mol. The molecule has 12 nitrogen and oxygen atoms in total. The molecule has 1 heterocycles. The van der Waals surface area contributed by atoms with Gasteiger partial charge in [0.15, 0.2) is 0 Å². The number of aliphatic hydroxyl groups is 2. The van der Waals surface area contributed by atoms with Crippen LogP contribution in [0.15, 0.2) is 11.6 Å². The molecule has 4 N–H and O–H groups in total. The number of carbonyl (C=O) groups is 5. The summed E-state index contributed by atoms with van der Waals surface area (Å²) >= 11 is 0. The minimum atomic E-state index is -1.40. The fourth-order valence-electron chi connectivity index (χ4n) is 9.51. The summed E-state index contributed by atoms with van der Waals surface area (Å²) in [5.41, 5.74) is -3.05. The predicted molar refractivity (Wildman–Crippen MR) is 146 cm³/mol. The highest BCUT2D eigenvalue weighted by molar-refractivity contribution is 5.85. The molecule has 0 aromatic heterocycles. The Hall–Kier alpha value is -2.99. The van der Waals surface area contributed by atoms with Gasteiger partial charge in [-0.15, -0.1) is 0 Å². The summed E-state index contributed by atoms with van der Waals surface area (Å²) in [6.45, 7) is 2.16. The summed E-state index contributed by atoms with van der Waals surface area (Å²) in [5.74, 6) is -4.39. The standard InChI is InChI=1S/C31H42O12/c1-28-10-7-21-22(31(28,40)13-9-20(28)18-14-27(38)41-16-18)8-12-30(39)15-19(43-26(37)5-3-24(34)35)6-11-29(21,30)17-42-25(36)4-2-23(32)33/h14,19-22,39-40H,2-13,15-17H2,1H3,(H,32,33)(H,34,35)/t19-,20+,21+,22-,28+,29-,30-,31-/m0/s1. The topological polar surface area (TPSA) is 194 Å². The van der Waals surface area contributed by atoms with Gasteiger partial charge in [-0.3, -0.25) is 19.2 Å². The Morgan fingerprint density at radius 2 is 1.56 bits per heavy atom. The quantitative estimate of drug-likeness (QED) is 0.210. The number of carbonyl (C=O) groups excluding carboxylic acids is 3. The number of rotatable bonds is 10. The summed E-state index contributed by atoms with van der Waals surface area (Å²) in [4.78, 5) is 58.7. The van der Waals surface area contributed by atoms with E-state index in [0.29, 0.717) is 44.9 Å². The van der Waals surface area contributed by atoms with E-state index in [1.54, 1.807) is 6.08 Å². The number of ether oxygens (including phenoxy) is 3. The third kappa shape index (κ3) is 5.45. The van der Waals surface area contributed by atoms with Gasteiger partial charge in [-0.05, 0) is 74.7 Å². The van der Waals surface area contributed by atoms with Gasteiger partial charge in [-0.1, -0.05) is 6.92 Å². The molecule has 0 amide bonds. The normalized spacial score (nSPS) is 39.9. The van der Waals surface area contributed by atoms with Crippen molar-refractivity contribution in [3.63, 3.8) is 0 Å². The van der Waals surface area contributed by atoms with Gasteiger partial charge in [-0.2, -0.15) is 0 Å². The molecular weight excluding hydrogens is 564 g/mol. The Balaban J connectivity index is 1.41. The summed E-state index contributed by atoms with van der Waals surface area (Å²) in [6.07, 6.45) is 3.66. The molecule has 12 heteroatoms. The van der Waals surface area contributed by atoms with Crippen molar-refractivity contribution in [2.24, 2.45) is 28.6 Å². The second-order valence-electron chi connectivity index (χ2n) is 13.5. The maximum atomic E-state index is 12.6. The zero-order chi connectivity index (χ0) is 31.2. The van der Waals surface area contributed by atoms with E-state index < -0.39 is 52.0 Å². The van der Waals surface area contributed by atoms with E-state index in [0.717, 1.165) is 5.57 Å². The second-order valence-corrected chi connectivity index (χ2v) is 13.5. The molecule has 0 radical (unpaired) electrons. The van der Waals surface area contributed by atoms with Crippen molar-refractivity contribution in [3.8, 4) is 0 Å². The third-order valence-electron chi connectivity index (χ3n) is 11.6. The molecule has 1 aliphatic heterocycles. The summed E-state index contributed by atoms with van der Waals surface area (Å²) in [6, 6.07) is 0. The molecule has 4 fully saturated rings. The zero-order valence-corrected chi connectivity index (χ0v) is 24.5. The average molecular weight is 607 g/mol. The van der Waals surface area contributed by atoms with Crippen LogP contribution >= 0.6 is 0 Å². The Bertz CT molecular complexity index is 1210. The average Bonchev–Trinajstić information content (AvgIpc) is 3.49. The number of carboxylic acid groups (broad SMARTS) is 2. The molecular formula is C31H42O12. The first kappa shape index (κ1) is 31.4. The van der Waals surface area contributed by atoms with E-state index in [9.17, 15) is 34.2 Å². The van der Waals surface area contributed by atoms with E-state index in [1.165, 1.54) is 0 Å². The highest BCUT2D eigenvalue weighted by atomic mass is 16.5. The van der Waals surface area contributed by atoms with Gasteiger partial charge >= 0.3 is 29.8 Å². The van der Waals surface area contributed by atoms with Gasteiger partial charge in [0.1, 0.15) is 12.7 Å². The fraction of sp³-hybridized carbons (Fsp3) is 0.774. The number of hydrogen-bond acceptors (Lipinski definition) is 10. The lowest BCUT2D eigenvalue weighted by Crippen LogP contribution is -2.69. The second kappa shape index (κ2) is 11.5. The third-order valence-corrected chi connectivity index (χ3v) is 11.6. The molecule has 5 rings (SSSR count). The lowest BCUT2D eigenvalue weighted by Gasteiger charge is -2.66. The first-order valence-electron chi connectivity index (χ1n) is 15.3. The molecule has 43 heavy (non-hydrogen) atoms. The van der Waals surface area contributed by atoms with Crippen LogP contribution in [0.4, 0.5) is 0 Å². The van der Waals surface area contributed by atoms with E-state index >= 15 is 0 Å². The van der Waals surface area contributed by atoms with Crippen LogP contribution in [0.2, 0.25) is 0 Å². The highest BCUT2D eigenvalue weighted by Gasteiger charge is 2.71. The smallest absolute Gasteiger partial charge is 0.331 e. The maximum Gasteiger partial charge on any atom is 0.331 e. The van der Waals surface area contributed by atoms with E-state index in [1.807, 2.05) is 0 Å². The van der Waals surface area contributed by atoms with E-state index in [4.69, 9.17) is 24.4 Å². The molecule has 4 saturated carbocycles. The summed E-state index contributed by atoms with van der Waals surface area (Å²) in [5, 5.41) is 42.8. The SMILES string of the molecule is C[C@]12CC[C@@H]3[C@H](CC[C@]4(O)C[C@@H](OC(=O)CCC(=O)O)CC[C@]34COC(=O)CCC(=O)O)[C@@]1(O)CC[C@@H]2C1=CC(=O)OC1. The summed E-state index contributed by atoms with van der Waals surface area (Å²) < 4.78 is 16.5. The molecule has 0 aromatic rings. The molecule has 0 saturated heterocycles.